The maximum absolute atomic E-state index is 4.29. The standard InChI is InChI=1S/C10H13N3/c1-2-8-6-12-10(13-7-8)9-4-3-5-11-9/h2,6-7,9,11H,1,3-5H2. The van der Waals surface area contributed by atoms with Gasteiger partial charge in [-0.3, -0.25) is 0 Å². The molecule has 1 aliphatic rings. The van der Waals surface area contributed by atoms with E-state index in [0.29, 0.717) is 6.04 Å². The largest absolute Gasteiger partial charge is 0.307 e. The maximum Gasteiger partial charge on any atom is 0.145 e. The van der Waals surface area contributed by atoms with E-state index >= 15 is 0 Å². The van der Waals surface area contributed by atoms with Crippen LogP contribution in [0.25, 0.3) is 6.08 Å². The highest BCUT2D eigenvalue weighted by Crippen LogP contribution is 2.19. The second-order valence-corrected chi connectivity index (χ2v) is 3.23. The van der Waals surface area contributed by atoms with Crippen LogP contribution in [0, 0.1) is 0 Å². The molecule has 3 nitrogen and oxygen atoms in total. The summed E-state index contributed by atoms with van der Waals surface area (Å²) in [5, 5.41) is 3.36. The Labute approximate surface area is 77.9 Å². The van der Waals surface area contributed by atoms with Crippen molar-refractivity contribution in [2.45, 2.75) is 18.9 Å². The number of aromatic nitrogens is 2. The fraction of sp³-hybridized carbons (Fsp3) is 0.400. The van der Waals surface area contributed by atoms with E-state index in [4.69, 9.17) is 0 Å². The van der Waals surface area contributed by atoms with E-state index in [1.54, 1.807) is 6.08 Å². The first-order valence-corrected chi connectivity index (χ1v) is 4.58. The summed E-state index contributed by atoms with van der Waals surface area (Å²) in [5.41, 5.74) is 0.974. The molecule has 1 unspecified atom stereocenters. The third kappa shape index (κ3) is 1.75. The van der Waals surface area contributed by atoms with Crippen molar-refractivity contribution in [3.05, 3.63) is 30.4 Å². The van der Waals surface area contributed by atoms with E-state index in [1.165, 1.54) is 6.42 Å². The Morgan fingerprint density at radius 2 is 2.23 bits per heavy atom. The van der Waals surface area contributed by atoms with Gasteiger partial charge in [0, 0.05) is 18.0 Å². The minimum atomic E-state index is 0.360. The zero-order valence-corrected chi connectivity index (χ0v) is 7.53. The van der Waals surface area contributed by atoms with Gasteiger partial charge >= 0.3 is 0 Å². The molecular formula is C10H13N3. The summed E-state index contributed by atoms with van der Waals surface area (Å²) >= 11 is 0. The summed E-state index contributed by atoms with van der Waals surface area (Å²) in [6, 6.07) is 0.360. The van der Waals surface area contributed by atoms with Crippen LogP contribution >= 0.6 is 0 Å². The molecule has 68 valence electrons. The maximum atomic E-state index is 4.29. The molecule has 3 heteroatoms. The highest BCUT2D eigenvalue weighted by atomic mass is 15.0. The van der Waals surface area contributed by atoms with Gasteiger partial charge in [0.2, 0.25) is 0 Å². The minimum absolute atomic E-state index is 0.360. The third-order valence-electron chi connectivity index (χ3n) is 2.30. The van der Waals surface area contributed by atoms with Gasteiger partial charge in [0.1, 0.15) is 5.82 Å². The Balaban J connectivity index is 2.16. The van der Waals surface area contributed by atoms with Crippen LogP contribution < -0.4 is 5.32 Å². The average Bonchev–Trinajstić information content (AvgIpc) is 2.71. The lowest BCUT2D eigenvalue weighted by atomic mass is 10.2. The molecule has 0 radical (unpaired) electrons. The number of nitrogens with one attached hydrogen (secondary N) is 1. The van der Waals surface area contributed by atoms with Crippen molar-refractivity contribution in [1.29, 1.82) is 0 Å². The smallest absolute Gasteiger partial charge is 0.145 e. The highest BCUT2D eigenvalue weighted by Gasteiger charge is 2.17. The molecule has 2 rings (SSSR count). The van der Waals surface area contributed by atoms with Crippen molar-refractivity contribution in [2.75, 3.05) is 6.54 Å². The summed E-state index contributed by atoms with van der Waals surface area (Å²) < 4.78 is 0. The number of nitrogens with zero attached hydrogens (tertiary/aromatic N) is 2. The summed E-state index contributed by atoms with van der Waals surface area (Å²) in [6.45, 7) is 4.74. The molecule has 0 aliphatic carbocycles. The topological polar surface area (TPSA) is 37.8 Å². The van der Waals surface area contributed by atoms with Gasteiger partial charge in [-0.15, -0.1) is 0 Å². The Morgan fingerprint density at radius 3 is 2.77 bits per heavy atom. The monoisotopic (exact) mass is 175 g/mol. The Kier molecular flexibility index (Phi) is 2.36. The quantitative estimate of drug-likeness (QED) is 0.741. The van der Waals surface area contributed by atoms with Gasteiger partial charge in [-0.1, -0.05) is 12.7 Å². The van der Waals surface area contributed by atoms with Crippen molar-refractivity contribution in [3.8, 4) is 0 Å². The van der Waals surface area contributed by atoms with Crippen LogP contribution in [0.1, 0.15) is 30.3 Å². The van der Waals surface area contributed by atoms with Gasteiger partial charge < -0.3 is 5.32 Å². The summed E-state index contributed by atoms with van der Waals surface area (Å²) in [4.78, 5) is 8.57. The average molecular weight is 175 g/mol. The van der Waals surface area contributed by atoms with E-state index in [9.17, 15) is 0 Å². The van der Waals surface area contributed by atoms with Gasteiger partial charge in [0.15, 0.2) is 0 Å². The second kappa shape index (κ2) is 3.66. The summed E-state index contributed by atoms with van der Waals surface area (Å²) in [7, 11) is 0. The molecule has 1 aromatic rings. The fourth-order valence-electron chi connectivity index (χ4n) is 1.54. The fourth-order valence-corrected chi connectivity index (χ4v) is 1.54. The Morgan fingerprint density at radius 1 is 1.46 bits per heavy atom. The zero-order chi connectivity index (χ0) is 9.10. The third-order valence-corrected chi connectivity index (χ3v) is 2.30. The molecule has 0 bridgehead atoms. The van der Waals surface area contributed by atoms with Crippen molar-refractivity contribution in [1.82, 2.24) is 15.3 Å². The van der Waals surface area contributed by atoms with E-state index in [-0.39, 0.29) is 0 Å². The molecule has 1 aromatic heterocycles. The van der Waals surface area contributed by atoms with Crippen LogP contribution in [0.3, 0.4) is 0 Å². The summed E-state index contributed by atoms with van der Waals surface area (Å²) in [6.07, 6.45) is 7.75. The first-order valence-electron chi connectivity index (χ1n) is 4.58. The van der Waals surface area contributed by atoms with E-state index in [2.05, 4.69) is 21.9 Å². The van der Waals surface area contributed by atoms with Crippen molar-refractivity contribution < 1.29 is 0 Å². The van der Waals surface area contributed by atoms with Crippen LogP contribution in [-0.2, 0) is 0 Å². The molecule has 1 aliphatic heterocycles. The molecule has 1 atom stereocenters. The molecule has 1 fully saturated rings. The first kappa shape index (κ1) is 8.38. The lowest BCUT2D eigenvalue weighted by molar-refractivity contribution is 0.604. The van der Waals surface area contributed by atoms with Gasteiger partial charge in [0.25, 0.3) is 0 Å². The predicted octanol–water partition coefficient (Wildman–Crippen LogP) is 1.54. The molecule has 2 heterocycles. The number of hydrogen-bond acceptors (Lipinski definition) is 3. The van der Waals surface area contributed by atoms with Gasteiger partial charge in [-0.2, -0.15) is 0 Å². The lowest BCUT2D eigenvalue weighted by Crippen LogP contribution is -2.15. The molecule has 0 amide bonds. The van der Waals surface area contributed by atoms with Crippen LogP contribution in [0.4, 0.5) is 0 Å². The van der Waals surface area contributed by atoms with E-state index < -0.39 is 0 Å². The lowest BCUT2D eigenvalue weighted by Gasteiger charge is -2.07. The van der Waals surface area contributed by atoms with E-state index in [1.807, 2.05) is 12.4 Å². The van der Waals surface area contributed by atoms with Crippen LogP contribution in [-0.4, -0.2) is 16.5 Å². The van der Waals surface area contributed by atoms with Crippen LogP contribution in [0.5, 0.6) is 0 Å². The van der Waals surface area contributed by atoms with Gasteiger partial charge in [-0.05, 0) is 19.4 Å². The molecule has 1 saturated heterocycles. The molecule has 0 aromatic carbocycles. The Hall–Kier alpha value is -1.22. The Bertz CT molecular complexity index is 286. The second-order valence-electron chi connectivity index (χ2n) is 3.23. The first-order chi connectivity index (χ1) is 6.40. The predicted molar refractivity (Wildman–Crippen MR) is 52.1 cm³/mol. The normalized spacial score (nSPS) is 21.7. The van der Waals surface area contributed by atoms with Gasteiger partial charge in [0.05, 0.1) is 6.04 Å². The molecule has 0 saturated carbocycles. The van der Waals surface area contributed by atoms with Crippen molar-refractivity contribution >= 4 is 6.08 Å². The molecule has 0 spiro atoms. The minimum Gasteiger partial charge on any atom is -0.307 e. The van der Waals surface area contributed by atoms with Crippen molar-refractivity contribution in [3.63, 3.8) is 0 Å². The molecular weight excluding hydrogens is 162 g/mol. The SMILES string of the molecule is C=Cc1cnc(C2CCCN2)nc1. The van der Waals surface area contributed by atoms with Crippen molar-refractivity contribution in [2.24, 2.45) is 0 Å². The summed E-state index contributed by atoms with van der Waals surface area (Å²) in [5.74, 6) is 0.906. The van der Waals surface area contributed by atoms with Crippen LogP contribution in [0.2, 0.25) is 0 Å². The molecule has 13 heavy (non-hydrogen) atoms. The number of rotatable bonds is 2. The van der Waals surface area contributed by atoms with E-state index in [0.717, 1.165) is 24.4 Å². The van der Waals surface area contributed by atoms with Crippen LogP contribution in [0.15, 0.2) is 19.0 Å². The highest BCUT2D eigenvalue weighted by molar-refractivity contribution is 5.43. The van der Waals surface area contributed by atoms with Gasteiger partial charge in [-0.25, -0.2) is 9.97 Å². The zero-order valence-electron chi connectivity index (χ0n) is 7.53. The number of hydrogen-bond donors (Lipinski definition) is 1. The molecule has 1 N–H and O–H groups in total.